The predicted molar refractivity (Wildman–Crippen MR) is 138 cm³/mol. The van der Waals surface area contributed by atoms with Gasteiger partial charge >= 0.3 is 12.1 Å². The summed E-state index contributed by atoms with van der Waals surface area (Å²) in [6, 6.07) is 18.0. The molecule has 204 valence electrons. The number of halogens is 3. The molecule has 0 radical (unpaired) electrons. The first-order chi connectivity index (χ1) is 18.5. The van der Waals surface area contributed by atoms with Crippen LogP contribution in [0.1, 0.15) is 24.5 Å². The topological polar surface area (TPSA) is 106 Å². The van der Waals surface area contributed by atoms with Crippen molar-refractivity contribution < 1.29 is 40.6 Å². The van der Waals surface area contributed by atoms with E-state index in [1.807, 2.05) is 0 Å². The van der Waals surface area contributed by atoms with E-state index in [-0.39, 0.29) is 40.7 Å². The number of benzene rings is 3. The molecule has 0 spiro atoms. The molecule has 0 atom stereocenters. The second-order valence-corrected chi connectivity index (χ2v) is 10.3. The summed E-state index contributed by atoms with van der Waals surface area (Å²) in [5, 5.41) is 8.75. The van der Waals surface area contributed by atoms with Crippen molar-refractivity contribution in [3.05, 3.63) is 90.2 Å². The fraction of sp³-hybridized carbons (Fsp3) is 0.179. The minimum absolute atomic E-state index is 0.0201. The van der Waals surface area contributed by atoms with Crippen molar-refractivity contribution in [2.24, 2.45) is 0 Å². The van der Waals surface area contributed by atoms with Crippen LogP contribution >= 0.6 is 0 Å². The lowest BCUT2D eigenvalue weighted by atomic mass is 10.0. The smallest absolute Gasteiger partial charge is 0.420 e. The highest BCUT2D eigenvalue weighted by atomic mass is 32.2. The third kappa shape index (κ3) is 6.68. The van der Waals surface area contributed by atoms with E-state index < -0.39 is 27.7 Å². The van der Waals surface area contributed by atoms with Crippen molar-refractivity contribution in [1.82, 2.24) is 4.72 Å². The van der Waals surface area contributed by atoms with Crippen LogP contribution in [0.15, 0.2) is 88.4 Å². The first-order valence-corrected chi connectivity index (χ1v) is 13.3. The molecule has 2 N–H and O–H groups in total. The van der Waals surface area contributed by atoms with Gasteiger partial charge in [0.15, 0.2) is 0 Å². The molecule has 0 bridgehead atoms. The second-order valence-electron chi connectivity index (χ2n) is 8.54. The number of aliphatic carboxylic acids is 1. The lowest BCUT2D eigenvalue weighted by molar-refractivity contribution is -0.139. The summed E-state index contributed by atoms with van der Waals surface area (Å²) in [5.41, 5.74) is 0.860. The van der Waals surface area contributed by atoms with Crippen molar-refractivity contribution in [2.45, 2.75) is 30.8 Å². The van der Waals surface area contributed by atoms with Crippen LogP contribution in [-0.4, -0.2) is 26.0 Å². The van der Waals surface area contributed by atoms with Gasteiger partial charge < -0.3 is 14.3 Å². The Morgan fingerprint density at radius 1 is 0.974 bits per heavy atom. The highest BCUT2D eigenvalue weighted by Crippen LogP contribution is 2.41. The van der Waals surface area contributed by atoms with Gasteiger partial charge in [-0.3, -0.25) is 4.79 Å². The molecule has 1 heterocycles. The van der Waals surface area contributed by atoms with E-state index in [2.05, 4.69) is 4.72 Å². The fourth-order valence-electron chi connectivity index (χ4n) is 3.92. The Labute approximate surface area is 222 Å². The number of aryl methyl sites for hydroxylation is 1. The first kappa shape index (κ1) is 27.9. The number of carbonyl (C=O) groups is 1. The lowest BCUT2D eigenvalue weighted by Crippen LogP contribution is -2.27. The number of para-hydroxylation sites is 1. The minimum Gasteiger partial charge on any atom is -0.481 e. The summed E-state index contributed by atoms with van der Waals surface area (Å²) in [6.07, 6.45) is -3.28. The zero-order valence-corrected chi connectivity index (χ0v) is 21.5. The number of alkyl halides is 3. The maximum Gasteiger partial charge on any atom is 0.420 e. The van der Waals surface area contributed by atoms with E-state index in [1.54, 1.807) is 55.5 Å². The van der Waals surface area contributed by atoms with E-state index in [0.717, 1.165) is 6.07 Å². The maximum atomic E-state index is 13.9. The number of hydrogen-bond acceptors (Lipinski definition) is 5. The van der Waals surface area contributed by atoms with Crippen LogP contribution in [0.4, 0.5) is 13.2 Å². The molecule has 39 heavy (non-hydrogen) atoms. The molecule has 7 nitrogen and oxygen atoms in total. The third-order valence-electron chi connectivity index (χ3n) is 5.84. The van der Waals surface area contributed by atoms with Crippen LogP contribution in [0.2, 0.25) is 0 Å². The van der Waals surface area contributed by atoms with Crippen molar-refractivity contribution in [1.29, 1.82) is 0 Å². The van der Waals surface area contributed by atoms with E-state index in [0.29, 0.717) is 23.1 Å². The molecule has 4 aromatic rings. The Morgan fingerprint density at radius 2 is 1.69 bits per heavy atom. The fourth-order valence-corrected chi connectivity index (χ4v) is 5.24. The van der Waals surface area contributed by atoms with Crippen LogP contribution in [0, 0.1) is 0 Å². The van der Waals surface area contributed by atoms with Crippen molar-refractivity contribution >= 4 is 16.0 Å². The number of carboxylic acids is 1. The zero-order chi connectivity index (χ0) is 28.2. The Bertz CT molecular complexity index is 1580. The Balaban J connectivity index is 1.62. The van der Waals surface area contributed by atoms with Crippen LogP contribution in [-0.2, 0) is 27.4 Å². The molecular weight excluding hydrogens is 535 g/mol. The summed E-state index contributed by atoms with van der Waals surface area (Å²) in [6.45, 7) is 1.52. The molecule has 4 rings (SSSR count). The minimum atomic E-state index is -4.68. The second kappa shape index (κ2) is 11.3. The summed E-state index contributed by atoms with van der Waals surface area (Å²) in [5.74, 6) is -1.01. The molecule has 0 saturated carbocycles. The van der Waals surface area contributed by atoms with Gasteiger partial charge in [0.2, 0.25) is 10.0 Å². The molecule has 11 heteroatoms. The average Bonchev–Trinajstić information content (AvgIpc) is 3.38. The Kier molecular flexibility index (Phi) is 8.12. The third-order valence-corrected chi connectivity index (χ3v) is 7.40. The first-order valence-electron chi connectivity index (χ1n) is 11.9. The summed E-state index contributed by atoms with van der Waals surface area (Å²) < 4.78 is 80.2. The molecule has 0 aliphatic heterocycles. The van der Waals surface area contributed by atoms with Crippen LogP contribution in [0.3, 0.4) is 0 Å². The molecule has 0 aliphatic carbocycles. The van der Waals surface area contributed by atoms with E-state index in [9.17, 15) is 26.4 Å². The van der Waals surface area contributed by atoms with Gasteiger partial charge in [0.05, 0.1) is 23.1 Å². The van der Waals surface area contributed by atoms with Crippen molar-refractivity contribution in [3.63, 3.8) is 0 Å². The van der Waals surface area contributed by atoms with E-state index >= 15 is 0 Å². The van der Waals surface area contributed by atoms with Gasteiger partial charge in [-0.1, -0.05) is 31.2 Å². The Morgan fingerprint density at radius 3 is 2.36 bits per heavy atom. The van der Waals surface area contributed by atoms with Gasteiger partial charge in [0.25, 0.3) is 0 Å². The van der Waals surface area contributed by atoms with Gasteiger partial charge in [0, 0.05) is 17.7 Å². The normalized spacial score (nSPS) is 11.9. The highest BCUT2D eigenvalue weighted by Gasteiger charge is 2.35. The highest BCUT2D eigenvalue weighted by molar-refractivity contribution is 7.89. The van der Waals surface area contributed by atoms with Crippen molar-refractivity contribution in [3.8, 4) is 33.9 Å². The SMILES string of the molecule is CCc1cc(-c2coc(-c3ccc(Oc4ccccc4)c(C(F)(F)F)c3)c2)ccc1S(=O)(=O)NCCC(=O)O. The molecule has 0 aliphatic rings. The quantitative estimate of drug-likeness (QED) is 0.223. The monoisotopic (exact) mass is 559 g/mol. The summed E-state index contributed by atoms with van der Waals surface area (Å²) in [4.78, 5) is 10.7. The molecule has 1 aromatic heterocycles. The number of furan rings is 1. The van der Waals surface area contributed by atoms with Crippen LogP contribution < -0.4 is 9.46 Å². The molecule has 3 aromatic carbocycles. The molecule has 0 unspecified atom stereocenters. The average molecular weight is 560 g/mol. The summed E-state index contributed by atoms with van der Waals surface area (Å²) >= 11 is 0. The number of nitrogens with one attached hydrogen (secondary N) is 1. The van der Waals surface area contributed by atoms with Gasteiger partial charge in [-0.15, -0.1) is 0 Å². The maximum absolute atomic E-state index is 13.9. The Hall–Kier alpha value is -4.09. The standard InChI is InChI=1S/C28H24F3NO6S/c1-2-18-14-19(9-11-26(18)39(35,36)32-13-12-27(33)34)21-16-25(37-17-21)20-8-10-24(23(15-20)28(29,30)31)38-22-6-4-3-5-7-22/h3-11,14-17,32H,2,12-13H2,1H3,(H,33,34). The number of rotatable bonds is 10. The van der Waals surface area contributed by atoms with Gasteiger partial charge in [-0.25, -0.2) is 13.1 Å². The van der Waals surface area contributed by atoms with Crippen LogP contribution in [0.25, 0.3) is 22.5 Å². The molecule has 0 saturated heterocycles. The molecule has 0 amide bonds. The number of ether oxygens (including phenoxy) is 1. The van der Waals surface area contributed by atoms with Gasteiger partial charge in [-0.2, -0.15) is 13.2 Å². The number of hydrogen-bond donors (Lipinski definition) is 2. The number of carboxylic acid groups (broad SMARTS) is 1. The summed E-state index contributed by atoms with van der Waals surface area (Å²) in [7, 11) is -3.94. The lowest BCUT2D eigenvalue weighted by Gasteiger charge is -2.14. The van der Waals surface area contributed by atoms with E-state index in [4.69, 9.17) is 14.3 Å². The van der Waals surface area contributed by atoms with E-state index in [1.165, 1.54) is 24.5 Å². The molecule has 0 fully saturated rings. The molecular formula is C28H24F3NO6S. The van der Waals surface area contributed by atoms with Gasteiger partial charge in [0.1, 0.15) is 17.3 Å². The number of sulfonamides is 1. The zero-order valence-electron chi connectivity index (χ0n) is 20.7. The van der Waals surface area contributed by atoms with Gasteiger partial charge in [-0.05, 0) is 66.1 Å². The predicted octanol–water partition coefficient (Wildman–Crippen LogP) is 6.74. The largest absolute Gasteiger partial charge is 0.481 e. The van der Waals surface area contributed by atoms with Crippen molar-refractivity contribution in [2.75, 3.05) is 6.54 Å². The van der Waals surface area contributed by atoms with Crippen LogP contribution in [0.5, 0.6) is 11.5 Å².